The van der Waals surface area contributed by atoms with Gasteiger partial charge in [-0.2, -0.15) is 19.8 Å². The van der Waals surface area contributed by atoms with Gasteiger partial charge >= 0.3 is 6.15 Å². The number of nitrogens with one attached hydrogen (secondary N) is 1. The van der Waals surface area contributed by atoms with Crippen molar-refractivity contribution in [3.8, 4) is 0 Å². The van der Waals surface area contributed by atoms with E-state index in [0.29, 0.717) is 22.5 Å². The predicted molar refractivity (Wildman–Crippen MR) is 236 cm³/mol. The van der Waals surface area contributed by atoms with Crippen LogP contribution < -0.4 is 32.3 Å². The lowest BCUT2D eigenvalue weighted by molar-refractivity contribution is -0.191. The summed E-state index contributed by atoms with van der Waals surface area (Å²) in [5.41, 5.74) is 24.0. The molecule has 2 aliphatic carbocycles. The number of nitrogens with two attached hydrogens (primary N) is 3. The first-order valence-electron chi connectivity index (χ1n) is 20.9. The maximum absolute atomic E-state index is 12.8. The number of nitrogen functional groups attached to an aromatic ring is 1. The lowest BCUT2D eigenvalue weighted by Crippen LogP contribution is -2.47. The zero-order chi connectivity index (χ0) is 44.6. The van der Waals surface area contributed by atoms with E-state index in [9.17, 15) is 14.4 Å². The molecule has 2 aromatic carbocycles. The number of hydrogen-bond donors (Lipinski definition) is 4. The van der Waals surface area contributed by atoms with Gasteiger partial charge in [-0.05, 0) is 88.1 Å². The first kappa shape index (κ1) is 43.9. The van der Waals surface area contributed by atoms with Crippen molar-refractivity contribution in [1.29, 1.82) is 0 Å². The number of piperazine rings is 2. The summed E-state index contributed by atoms with van der Waals surface area (Å²) in [4.78, 5) is 70.4. The molecule has 4 fully saturated rings. The lowest BCUT2D eigenvalue weighted by Gasteiger charge is -2.36. The number of primary amides is 2. The molecule has 7 N–H and O–H groups in total. The van der Waals surface area contributed by atoms with Gasteiger partial charge in [0, 0.05) is 81.5 Å². The summed E-state index contributed by atoms with van der Waals surface area (Å²) in [6.07, 6.45) is 14.4. The third kappa shape index (κ3) is 11.2. The molecule has 2 saturated carbocycles. The lowest BCUT2D eigenvalue weighted by atomic mass is 10.1. The maximum atomic E-state index is 12.8. The smallest absolute Gasteiger partial charge is 0.373 e. The van der Waals surface area contributed by atoms with Crippen molar-refractivity contribution in [2.75, 3.05) is 73.2 Å². The van der Waals surface area contributed by atoms with E-state index in [1.165, 1.54) is 25.7 Å². The van der Waals surface area contributed by atoms with Crippen molar-refractivity contribution in [3.05, 3.63) is 108 Å². The molecule has 4 aliphatic rings. The molecule has 2 aliphatic heterocycles. The minimum Gasteiger partial charge on any atom is -0.398 e. The van der Waals surface area contributed by atoms with Crippen LogP contribution in [0.3, 0.4) is 0 Å². The van der Waals surface area contributed by atoms with Gasteiger partial charge in [0.25, 0.3) is 17.7 Å². The largest absolute Gasteiger partial charge is 0.398 e. The second kappa shape index (κ2) is 19.7. The Balaban J connectivity index is 0.000000156. The molecule has 2 saturated heterocycles. The number of aryl methyl sites for hydroxylation is 2. The molecule has 0 radical (unpaired) electrons. The molecule has 63 heavy (non-hydrogen) atoms. The van der Waals surface area contributed by atoms with Crippen LogP contribution >= 0.6 is 0 Å². The highest BCUT2D eigenvalue weighted by atomic mass is 16.2. The number of rotatable bonds is 8. The van der Waals surface area contributed by atoms with Gasteiger partial charge in [0.2, 0.25) is 0 Å². The second-order valence-corrected chi connectivity index (χ2v) is 15.9. The van der Waals surface area contributed by atoms with Crippen molar-refractivity contribution in [2.45, 2.75) is 51.6 Å². The number of carbonyl (C=O) groups is 3. The fourth-order valence-corrected chi connectivity index (χ4v) is 7.76. The monoisotopic (exact) mass is 856 g/mol. The third-order valence-electron chi connectivity index (χ3n) is 11.4. The van der Waals surface area contributed by atoms with Crippen molar-refractivity contribution in [1.82, 2.24) is 39.0 Å². The molecule has 4 aromatic heterocycles. The number of anilines is 4. The fourth-order valence-electron chi connectivity index (χ4n) is 7.76. The minimum absolute atomic E-state index is 0.239. The fraction of sp³-hybridized carbons (Fsp3) is 0.364. The van der Waals surface area contributed by atoms with Crippen molar-refractivity contribution in [3.63, 3.8) is 0 Å². The van der Waals surface area contributed by atoms with E-state index in [1.54, 1.807) is 47.4 Å². The first-order chi connectivity index (χ1) is 30.4. The van der Waals surface area contributed by atoms with Crippen molar-refractivity contribution >= 4 is 57.7 Å². The molecule has 6 heterocycles. The number of amides is 3. The summed E-state index contributed by atoms with van der Waals surface area (Å²) in [5.74, 6) is -1.45. The van der Waals surface area contributed by atoms with Gasteiger partial charge in [0.1, 0.15) is 0 Å². The highest BCUT2D eigenvalue weighted by Crippen LogP contribution is 2.31. The van der Waals surface area contributed by atoms with E-state index in [4.69, 9.17) is 26.8 Å². The standard InChI is InChI=1S/C22H25N7O2.C14H20N4O.C7H7N3.CO2/c1-14-13-29-17(12-24-14)11-20(26-29)22(31)25-19-5-4-16(10-18(19)21(23)30)28-8-6-27(7-9-28)15-2-3-15;15-13-4-3-11(9-12(13)14(16)19)18-7-5-17(6-8-18)10-1-2-10;1-6-5-10-7(4-8-6)2-3-9-10;2-1-3/h4-5,10-13,15H,2-3,6-9H2,1H3,(H2,23,30)(H,25,31);3-4,9-10H,1-2,5-8,15H2,(H2,16,19);2-5H,1H3;. The maximum Gasteiger partial charge on any atom is 0.373 e. The molecule has 10 rings (SSSR count). The van der Waals surface area contributed by atoms with Gasteiger partial charge in [-0.25, -0.2) is 9.03 Å². The molecule has 3 amide bonds. The van der Waals surface area contributed by atoms with Gasteiger partial charge in [0.15, 0.2) is 5.69 Å². The molecule has 19 nitrogen and oxygen atoms in total. The summed E-state index contributed by atoms with van der Waals surface area (Å²) in [6.45, 7) is 11.9. The highest BCUT2D eigenvalue weighted by molar-refractivity contribution is 6.08. The average Bonchev–Trinajstić information content (AvgIpc) is 4.22. The van der Waals surface area contributed by atoms with E-state index < -0.39 is 17.7 Å². The van der Waals surface area contributed by atoms with E-state index >= 15 is 0 Å². The number of nitrogens with zero attached hydrogens (tertiary/aromatic N) is 10. The van der Waals surface area contributed by atoms with Crippen LogP contribution in [0.4, 0.5) is 22.7 Å². The second-order valence-electron chi connectivity index (χ2n) is 15.9. The van der Waals surface area contributed by atoms with Crippen LogP contribution in [-0.4, -0.2) is 127 Å². The molecule has 0 bridgehead atoms. The van der Waals surface area contributed by atoms with Crippen molar-refractivity contribution < 1.29 is 24.0 Å². The van der Waals surface area contributed by atoms with E-state index in [-0.39, 0.29) is 17.4 Å². The zero-order valence-electron chi connectivity index (χ0n) is 35.4. The average molecular weight is 857 g/mol. The molecular weight excluding hydrogens is 805 g/mol. The van der Waals surface area contributed by atoms with Gasteiger partial charge in [-0.15, -0.1) is 0 Å². The van der Waals surface area contributed by atoms with E-state index in [0.717, 1.165) is 92.7 Å². The van der Waals surface area contributed by atoms with Crippen LogP contribution in [0.15, 0.2) is 79.5 Å². The number of benzene rings is 2. The van der Waals surface area contributed by atoms with Crippen LogP contribution in [0, 0.1) is 13.8 Å². The Morgan fingerprint density at radius 3 is 1.71 bits per heavy atom. The summed E-state index contributed by atoms with van der Waals surface area (Å²) in [5, 5.41) is 11.1. The molecule has 19 heteroatoms. The van der Waals surface area contributed by atoms with Crippen LogP contribution in [0.25, 0.3) is 11.0 Å². The predicted octanol–water partition coefficient (Wildman–Crippen LogP) is 2.78. The van der Waals surface area contributed by atoms with Gasteiger partial charge in [-0.1, -0.05) is 0 Å². The normalized spacial score (nSPS) is 16.4. The number of aromatic nitrogens is 6. The molecule has 0 unspecified atom stereocenters. The summed E-state index contributed by atoms with van der Waals surface area (Å²) < 4.78 is 3.42. The Labute approximate surface area is 363 Å². The Bertz CT molecular complexity index is 2610. The topological polar surface area (TPSA) is 249 Å². The summed E-state index contributed by atoms with van der Waals surface area (Å²) in [7, 11) is 0. The molecule has 6 aromatic rings. The van der Waals surface area contributed by atoms with Crippen molar-refractivity contribution in [2.24, 2.45) is 11.5 Å². The SMILES string of the molecule is Cc1cn2nc(C(=O)Nc3ccc(N4CCN(C5CC5)CC4)cc3C(N)=O)cc2cn1.Cc1cn2nccc2cn1.NC(=O)c1cc(N2CCN(C3CC3)CC2)ccc1N.O=C=O. The number of fused-ring (bicyclic) bond motifs is 2. The molecular formula is C44H52N14O5. The first-order valence-corrected chi connectivity index (χ1v) is 20.9. The Morgan fingerprint density at radius 2 is 1.17 bits per heavy atom. The van der Waals surface area contributed by atoms with Crippen LogP contribution in [-0.2, 0) is 9.59 Å². The zero-order valence-corrected chi connectivity index (χ0v) is 35.4. The third-order valence-corrected chi connectivity index (χ3v) is 11.4. The molecule has 0 spiro atoms. The van der Waals surface area contributed by atoms with Gasteiger partial charge in [0.05, 0.1) is 70.2 Å². The highest BCUT2D eigenvalue weighted by Gasteiger charge is 2.32. The van der Waals surface area contributed by atoms with E-state index in [1.807, 2.05) is 55.0 Å². The Kier molecular flexibility index (Phi) is 13.7. The van der Waals surface area contributed by atoms with Gasteiger partial charge in [-0.3, -0.25) is 34.2 Å². The number of carbonyl (C=O) groups excluding carboxylic acids is 5. The van der Waals surface area contributed by atoms with Crippen LogP contribution in [0.5, 0.6) is 0 Å². The number of hydrogen-bond acceptors (Lipinski definition) is 14. The summed E-state index contributed by atoms with van der Waals surface area (Å²) in [6, 6.07) is 16.1. The van der Waals surface area contributed by atoms with Gasteiger partial charge < -0.3 is 32.3 Å². The quantitative estimate of drug-likeness (QED) is 0.161. The minimum atomic E-state index is -0.580. The molecule has 0 atom stereocenters. The molecule has 328 valence electrons. The van der Waals surface area contributed by atoms with Crippen LogP contribution in [0.2, 0.25) is 0 Å². The van der Waals surface area contributed by atoms with E-state index in [2.05, 4.69) is 45.1 Å². The summed E-state index contributed by atoms with van der Waals surface area (Å²) >= 11 is 0. The van der Waals surface area contributed by atoms with Crippen LogP contribution in [0.1, 0.15) is 68.3 Å². The Morgan fingerprint density at radius 1 is 0.667 bits per heavy atom. The Hall–Kier alpha value is -7.21.